The van der Waals surface area contributed by atoms with E-state index in [0.29, 0.717) is 0 Å². The highest BCUT2D eigenvalue weighted by Crippen LogP contribution is 2.07. The van der Waals surface area contributed by atoms with Gasteiger partial charge in [-0.1, -0.05) is 5.16 Å². The maximum atomic E-state index is 4.95. The van der Waals surface area contributed by atoms with Gasteiger partial charge in [-0.15, -0.1) is 0 Å². The molecule has 2 aromatic heterocycles. The van der Waals surface area contributed by atoms with Crippen LogP contribution < -0.4 is 0 Å². The van der Waals surface area contributed by atoms with E-state index in [2.05, 4.69) is 10.3 Å². The smallest absolute Gasteiger partial charge is 0.138 e. The summed E-state index contributed by atoms with van der Waals surface area (Å²) in [6, 6.07) is 0. The molecule has 4 nitrogen and oxygen atoms in total. The number of aryl methyl sites for hydroxylation is 2. The molecule has 0 bridgehead atoms. The van der Waals surface area contributed by atoms with Crippen LogP contribution in [0.5, 0.6) is 0 Å². The van der Waals surface area contributed by atoms with Crippen molar-refractivity contribution in [2.75, 3.05) is 0 Å². The van der Waals surface area contributed by atoms with Gasteiger partial charge in [0.15, 0.2) is 0 Å². The van der Waals surface area contributed by atoms with Gasteiger partial charge in [-0.05, 0) is 19.4 Å². The molecule has 0 N–H and O–H groups in total. The molecule has 0 aliphatic carbocycles. The summed E-state index contributed by atoms with van der Waals surface area (Å²) in [4.78, 5) is 0. The molecule has 4 heteroatoms. The lowest BCUT2D eigenvalue weighted by Crippen LogP contribution is -1.99. The summed E-state index contributed by atoms with van der Waals surface area (Å²) in [5.41, 5.74) is 2.23. The van der Waals surface area contributed by atoms with Crippen molar-refractivity contribution in [2.45, 2.75) is 20.4 Å². The first kappa shape index (κ1) is 8.04. The third-order valence-electron chi connectivity index (χ3n) is 1.95. The minimum absolute atomic E-state index is 0.725. The molecule has 2 aromatic rings. The van der Waals surface area contributed by atoms with E-state index in [4.69, 9.17) is 4.52 Å². The SMILES string of the molecule is Cc1cnn(Cc2cnoc2C)c1. The first-order chi connectivity index (χ1) is 6.25. The van der Waals surface area contributed by atoms with Crippen LogP contribution in [0.25, 0.3) is 0 Å². The maximum Gasteiger partial charge on any atom is 0.138 e. The Bertz CT molecular complexity index is 402. The minimum atomic E-state index is 0.725. The summed E-state index contributed by atoms with van der Waals surface area (Å²) < 4.78 is 6.82. The van der Waals surface area contributed by atoms with E-state index in [1.165, 1.54) is 0 Å². The van der Waals surface area contributed by atoms with Gasteiger partial charge in [0.1, 0.15) is 5.76 Å². The molecule has 0 spiro atoms. The first-order valence-electron chi connectivity index (χ1n) is 4.15. The fourth-order valence-corrected chi connectivity index (χ4v) is 1.20. The van der Waals surface area contributed by atoms with E-state index in [1.807, 2.05) is 30.9 Å². The summed E-state index contributed by atoms with van der Waals surface area (Å²) in [6.07, 6.45) is 5.56. The Morgan fingerprint density at radius 2 is 2.23 bits per heavy atom. The van der Waals surface area contributed by atoms with Crippen LogP contribution in [0.1, 0.15) is 16.9 Å². The normalized spacial score (nSPS) is 10.6. The number of hydrogen-bond donors (Lipinski definition) is 0. The van der Waals surface area contributed by atoms with Gasteiger partial charge >= 0.3 is 0 Å². The quantitative estimate of drug-likeness (QED) is 0.698. The van der Waals surface area contributed by atoms with Crippen molar-refractivity contribution in [3.05, 3.63) is 35.5 Å². The molecule has 0 aromatic carbocycles. The minimum Gasteiger partial charge on any atom is -0.361 e. The van der Waals surface area contributed by atoms with Crippen molar-refractivity contribution in [3.8, 4) is 0 Å². The summed E-state index contributed by atoms with van der Waals surface area (Å²) in [5.74, 6) is 0.855. The Balaban J connectivity index is 2.19. The van der Waals surface area contributed by atoms with Crippen molar-refractivity contribution in [3.63, 3.8) is 0 Å². The predicted octanol–water partition coefficient (Wildman–Crippen LogP) is 1.54. The topological polar surface area (TPSA) is 43.9 Å². The Labute approximate surface area is 76.2 Å². The van der Waals surface area contributed by atoms with E-state index < -0.39 is 0 Å². The molecule has 68 valence electrons. The fourth-order valence-electron chi connectivity index (χ4n) is 1.20. The number of aromatic nitrogens is 3. The molecule has 2 heterocycles. The van der Waals surface area contributed by atoms with Gasteiger partial charge in [-0.25, -0.2) is 0 Å². The van der Waals surface area contributed by atoms with E-state index in [9.17, 15) is 0 Å². The Morgan fingerprint density at radius 3 is 2.77 bits per heavy atom. The molecule has 0 saturated carbocycles. The number of rotatable bonds is 2. The highest BCUT2D eigenvalue weighted by Gasteiger charge is 2.03. The van der Waals surface area contributed by atoms with Gasteiger partial charge in [0.05, 0.1) is 18.9 Å². The lowest BCUT2D eigenvalue weighted by Gasteiger charge is -1.97. The molecule has 0 saturated heterocycles. The first-order valence-corrected chi connectivity index (χ1v) is 4.15. The molecule has 0 aliphatic heterocycles. The zero-order valence-corrected chi connectivity index (χ0v) is 7.69. The lowest BCUT2D eigenvalue weighted by molar-refractivity contribution is 0.395. The number of nitrogens with zero attached hydrogens (tertiary/aromatic N) is 3. The molecular weight excluding hydrogens is 166 g/mol. The van der Waals surface area contributed by atoms with Crippen molar-refractivity contribution in [1.29, 1.82) is 0 Å². The average molecular weight is 177 g/mol. The van der Waals surface area contributed by atoms with Gasteiger partial charge in [-0.2, -0.15) is 5.10 Å². The maximum absolute atomic E-state index is 4.95. The zero-order valence-electron chi connectivity index (χ0n) is 7.69. The number of hydrogen-bond acceptors (Lipinski definition) is 3. The van der Waals surface area contributed by atoms with E-state index in [1.54, 1.807) is 6.20 Å². The van der Waals surface area contributed by atoms with Crippen LogP contribution >= 0.6 is 0 Å². The van der Waals surface area contributed by atoms with Crippen molar-refractivity contribution in [2.24, 2.45) is 0 Å². The molecule has 0 fully saturated rings. The summed E-state index contributed by atoms with van der Waals surface area (Å²) in [7, 11) is 0. The highest BCUT2D eigenvalue weighted by molar-refractivity contribution is 5.12. The third kappa shape index (κ3) is 1.61. The van der Waals surface area contributed by atoms with Crippen LogP contribution in [0.3, 0.4) is 0 Å². The van der Waals surface area contributed by atoms with E-state index >= 15 is 0 Å². The Hall–Kier alpha value is -1.58. The standard InChI is InChI=1S/C9H11N3O/c1-7-3-10-12(5-7)6-9-4-11-13-8(9)2/h3-5H,6H2,1-2H3. The molecule has 0 atom stereocenters. The zero-order chi connectivity index (χ0) is 9.26. The van der Waals surface area contributed by atoms with Gasteiger partial charge in [-0.3, -0.25) is 4.68 Å². The lowest BCUT2D eigenvalue weighted by atomic mass is 10.3. The van der Waals surface area contributed by atoms with Gasteiger partial charge in [0.2, 0.25) is 0 Å². The van der Waals surface area contributed by atoms with Gasteiger partial charge in [0.25, 0.3) is 0 Å². The van der Waals surface area contributed by atoms with Crippen LogP contribution in [0.4, 0.5) is 0 Å². The Morgan fingerprint density at radius 1 is 1.38 bits per heavy atom. The second kappa shape index (κ2) is 3.05. The predicted molar refractivity (Wildman–Crippen MR) is 47.3 cm³/mol. The largest absolute Gasteiger partial charge is 0.361 e. The molecule has 2 rings (SSSR count). The van der Waals surface area contributed by atoms with Crippen molar-refractivity contribution >= 4 is 0 Å². The molecule has 0 amide bonds. The summed E-state index contributed by atoms with van der Waals surface area (Å²) >= 11 is 0. The van der Waals surface area contributed by atoms with Gasteiger partial charge in [0, 0.05) is 11.8 Å². The average Bonchev–Trinajstić information content (AvgIpc) is 2.64. The van der Waals surface area contributed by atoms with Crippen LogP contribution in [0.2, 0.25) is 0 Å². The van der Waals surface area contributed by atoms with Crippen LogP contribution in [0.15, 0.2) is 23.1 Å². The monoisotopic (exact) mass is 177 g/mol. The van der Waals surface area contributed by atoms with Crippen LogP contribution in [-0.4, -0.2) is 14.9 Å². The van der Waals surface area contributed by atoms with Crippen molar-refractivity contribution < 1.29 is 4.52 Å². The molecule has 13 heavy (non-hydrogen) atoms. The van der Waals surface area contributed by atoms with Crippen LogP contribution in [0, 0.1) is 13.8 Å². The van der Waals surface area contributed by atoms with Gasteiger partial charge < -0.3 is 4.52 Å². The summed E-state index contributed by atoms with van der Waals surface area (Å²) in [5, 5.41) is 7.89. The molecule has 0 radical (unpaired) electrons. The van der Waals surface area contributed by atoms with E-state index in [-0.39, 0.29) is 0 Å². The highest BCUT2D eigenvalue weighted by atomic mass is 16.5. The second-order valence-corrected chi connectivity index (χ2v) is 3.12. The van der Waals surface area contributed by atoms with Crippen LogP contribution in [-0.2, 0) is 6.54 Å². The third-order valence-corrected chi connectivity index (χ3v) is 1.95. The molecule has 0 unspecified atom stereocenters. The Kier molecular flexibility index (Phi) is 1.88. The molecular formula is C9H11N3O. The van der Waals surface area contributed by atoms with Crippen molar-refractivity contribution in [1.82, 2.24) is 14.9 Å². The second-order valence-electron chi connectivity index (χ2n) is 3.12. The fraction of sp³-hybridized carbons (Fsp3) is 0.333. The molecule has 0 aliphatic rings. The summed E-state index contributed by atoms with van der Waals surface area (Å²) in [6.45, 7) is 4.64. The van der Waals surface area contributed by atoms with E-state index in [0.717, 1.165) is 23.4 Å².